The topological polar surface area (TPSA) is 79.3 Å². The third-order valence-corrected chi connectivity index (χ3v) is 2.60. The van der Waals surface area contributed by atoms with Gasteiger partial charge in [-0.2, -0.15) is 4.39 Å². The van der Waals surface area contributed by atoms with Crippen LogP contribution in [0.25, 0.3) is 0 Å². The van der Waals surface area contributed by atoms with Gasteiger partial charge in [0, 0.05) is 6.20 Å². The standard InChI is InChI=1S/C10H8F2N2O3/c11-6-5(1-4-13-7(6)12)8(15)14-10(2-3-10)9(16)17/h1,4H,2-3H2,(H,14,15)(H,16,17). The molecule has 1 aliphatic carbocycles. The molecule has 2 rings (SSSR count). The van der Waals surface area contributed by atoms with Gasteiger partial charge in [-0.15, -0.1) is 0 Å². The smallest absolute Gasteiger partial charge is 0.329 e. The van der Waals surface area contributed by atoms with Gasteiger partial charge in [-0.05, 0) is 18.9 Å². The van der Waals surface area contributed by atoms with Gasteiger partial charge >= 0.3 is 5.97 Å². The Morgan fingerprint density at radius 2 is 2.06 bits per heavy atom. The third kappa shape index (κ3) is 1.95. The number of carboxylic acids is 1. The molecule has 90 valence electrons. The molecule has 1 fully saturated rings. The molecule has 2 N–H and O–H groups in total. The summed E-state index contributed by atoms with van der Waals surface area (Å²) in [5.41, 5.74) is -1.88. The van der Waals surface area contributed by atoms with Crippen LogP contribution in [0, 0.1) is 11.8 Å². The number of amides is 1. The van der Waals surface area contributed by atoms with Crippen LogP contribution in [-0.4, -0.2) is 27.5 Å². The number of carbonyl (C=O) groups excluding carboxylic acids is 1. The summed E-state index contributed by atoms with van der Waals surface area (Å²) < 4.78 is 26.0. The van der Waals surface area contributed by atoms with Crippen LogP contribution in [0.3, 0.4) is 0 Å². The molecule has 0 aromatic carbocycles. The molecule has 0 saturated heterocycles. The second kappa shape index (κ2) is 3.76. The fraction of sp³-hybridized carbons (Fsp3) is 0.300. The Labute approximate surface area is 94.5 Å². The van der Waals surface area contributed by atoms with Crippen molar-refractivity contribution in [2.45, 2.75) is 18.4 Å². The van der Waals surface area contributed by atoms with E-state index in [-0.39, 0.29) is 12.8 Å². The Bertz CT molecular complexity index is 500. The summed E-state index contributed by atoms with van der Waals surface area (Å²) in [6.07, 6.45) is 1.50. The number of nitrogens with zero attached hydrogens (tertiary/aromatic N) is 1. The Hall–Kier alpha value is -2.05. The van der Waals surface area contributed by atoms with Gasteiger partial charge in [0.15, 0.2) is 5.82 Å². The number of aromatic nitrogens is 1. The number of pyridine rings is 1. The Morgan fingerprint density at radius 1 is 1.41 bits per heavy atom. The molecule has 1 saturated carbocycles. The molecular formula is C10H8F2N2O3. The van der Waals surface area contributed by atoms with Crippen molar-refractivity contribution in [3.8, 4) is 0 Å². The normalized spacial score (nSPS) is 16.4. The van der Waals surface area contributed by atoms with Gasteiger partial charge in [0.25, 0.3) is 5.91 Å². The second-order valence-electron chi connectivity index (χ2n) is 3.80. The Morgan fingerprint density at radius 3 is 2.59 bits per heavy atom. The molecule has 1 aromatic heterocycles. The Balaban J connectivity index is 2.21. The van der Waals surface area contributed by atoms with Crippen LogP contribution in [0.5, 0.6) is 0 Å². The van der Waals surface area contributed by atoms with Crippen molar-refractivity contribution in [2.24, 2.45) is 0 Å². The zero-order valence-electron chi connectivity index (χ0n) is 8.54. The van der Waals surface area contributed by atoms with Crippen LogP contribution in [0.4, 0.5) is 8.78 Å². The van der Waals surface area contributed by atoms with Crippen molar-refractivity contribution in [1.82, 2.24) is 10.3 Å². The van der Waals surface area contributed by atoms with Gasteiger partial charge in [0.1, 0.15) is 5.54 Å². The van der Waals surface area contributed by atoms with Crippen molar-refractivity contribution >= 4 is 11.9 Å². The first kappa shape index (κ1) is 11.4. The minimum Gasteiger partial charge on any atom is -0.480 e. The lowest BCUT2D eigenvalue weighted by Gasteiger charge is -2.12. The molecule has 7 heteroatoms. The van der Waals surface area contributed by atoms with Gasteiger partial charge in [-0.25, -0.2) is 14.2 Å². The van der Waals surface area contributed by atoms with Crippen LogP contribution < -0.4 is 5.32 Å². The summed E-state index contributed by atoms with van der Waals surface area (Å²) in [7, 11) is 0. The quantitative estimate of drug-likeness (QED) is 0.765. The molecule has 0 spiro atoms. The van der Waals surface area contributed by atoms with E-state index in [1.54, 1.807) is 0 Å². The van der Waals surface area contributed by atoms with Gasteiger partial charge in [0.05, 0.1) is 5.56 Å². The van der Waals surface area contributed by atoms with Gasteiger partial charge in [-0.1, -0.05) is 0 Å². The lowest BCUT2D eigenvalue weighted by molar-refractivity contribution is -0.140. The van der Waals surface area contributed by atoms with E-state index in [0.29, 0.717) is 0 Å². The molecule has 0 unspecified atom stereocenters. The van der Waals surface area contributed by atoms with E-state index >= 15 is 0 Å². The highest BCUT2D eigenvalue weighted by Crippen LogP contribution is 2.35. The summed E-state index contributed by atoms with van der Waals surface area (Å²) >= 11 is 0. The van der Waals surface area contributed by atoms with Crippen LogP contribution in [0.2, 0.25) is 0 Å². The molecule has 1 heterocycles. The van der Waals surface area contributed by atoms with E-state index in [2.05, 4.69) is 10.3 Å². The minimum absolute atomic E-state index is 0.281. The zero-order valence-corrected chi connectivity index (χ0v) is 8.54. The van der Waals surface area contributed by atoms with Crippen molar-refractivity contribution in [3.63, 3.8) is 0 Å². The van der Waals surface area contributed by atoms with E-state index < -0.39 is 34.7 Å². The summed E-state index contributed by atoms with van der Waals surface area (Å²) in [5.74, 6) is -4.91. The second-order valence-corrected chi connectivity index (χ2v) is 3.80. The predicted octanol–water partition coefficient (Wildman–Crippen LogP) is 0.707. The average Bonchev–Trinajstić information content (AvgIpc) is 3.03. The zero-order chi connectivity index (χ0) is 12.6. The van der Waals surface area contributed by atoms with Crippen molar-refractivity contribution in [1.29, 1.82) is 0 Å². The summed E-state index contributed by atoms with van der Waals surface area (Å²) in [6.45, 7) is 0. The van der Waals surface area contributed by atoms with E-state index in [9.17, 15) is 18.4 Å². The van der Waals surface area contributed by atoms with Gasteiger partial charge in [0.2, 0.25) is 5.95 Å². The molecule has 5 nitrogen and oxygen atoms in total. The van der Waals surface area contributed by atoms with E-state index in [4.69, 9.17) is 5.11 Å². The number of carboxylic acid groups (broad SMARTS) is 1. The number of carbonyl (C=O) groups is 2. The highest BCUT2D eigenvalue weighted by molar-refractivity contribution is 5.99. The molecule has 0 bridgehead atoms. The number of halogens is 2. The molecule has 1 aliphatic rings. The molecule has 0 radical (unpaired) electrons. The lowest BCUT2D eigenvalue weighted by atomic mass is 10.2. The molecule has 0 atom stereocenters. The van der Waals surface area contributed by atoms with Crippen LogP contribution in [0.15, 0.2) is 12.3 Å². The average molecular weight is 242 g/mol. The van der Waals surface area contributed by atoms with Crippen LogP contribution in [-0.2, 0) is 4.79 Å². The first-order chi connectivity index (χ1) is 7.96. The number of rotatable bonds is 3. The summed E-state index contributed by atoms with van der Waals surface area (Å²) in [6, 6.07) is 0.992. The highest BCUT2D eigenvalue weighted by atomic mass is 19.2. The number of hydrogen-bond acceptors (Lipinski definition) is 3. The lowest BCUT2D eigenvalue weighted by Crippen LogP contribution is -2.43. The van der Waals surface area contributed by atoms with Crippen molar-refractivity contribution < 1.29 is 23.5 Å². The maximum Gasteiger partial charge on any atom is 0.329 e. The SMILES string of the molecule is O=C(NC1(C(=O)O)CC1)c1ccnc(F)c1F. The van der Waals surface area contributed by atoms with Crippen LogP contribution in [0.1, 0.15) is 23.2 Å². The minimum atomic E-state index is -1.39. The summed E-state index contributed by atoms with van der Waals surface area (Å²) in [5, 5.41) is 11.0. The maximum atomic E-state index is 13.2. The first-order valence-corrected chi connectivity index (χ1v) is 4.82. The fourth-order valence-electron chi connectivity index (χ4n) is 1.40. The van der Waals surface area contributed by atoms with Gasteiger partial charge < -0.3 is 10.4 Å². The van der Waals surface area contributed by atoms with Crippen molar-refractivity contribution in [3.05, 3.63) is 29.6 Å². The largest absolute Gasteiger partial charge is 0.480 e. The van der Waals surface area contributed by atoms with E-state index in [1.165, 1.54) is 0 Å². The summed E-state index contributed by atoms with van der Waals surface area (Å²) in [4.78, 5) is 25.4. The third-order valence-electron chi connectivity index (χ3n) is 2.60. The van der Waals surface area contributed by atoms with Gasteiger partial charge in [-0.3, -0.25) is 4.79 Å². The maximum absolute atomic E-state index is 13.2. The van der Waals surface area contributed by atoms with E-state index in [0.717, 1.165) is 12.3 Å². The first-order valence-electron chi connectivity index (χ1n) is 4.82. The van der Waals surface area contributed by atoms with Crippen LogP contribution >= 0.6 is 0 Å². The fourth-order valence-corrected chi connectivity index (χ4v) is 1.40. The monoisotopic (exact) mass is 242 g/mol. The molecule has 0 aliphatic heterocycles. The molecular weight excluding hydrogens is 234 g/mol. The number of hydrogen-bond donors (Lipinski definition) is 2. The Kier molecular flexibility index (Phi) is 2.53. The highest BCUT2D eigenvalue weighted by Gasteiger charge is 2.51. The molecule has 1 amide bonds. The predicted molar refractivity (Wildman–Crippen MR) is 51.2 cm³/mol. The number of nitrogens with one attached hydrogen (secondary N) is 1. The van der Waals surface area contributed by atoms with Crippen molar-refractivity contribution in [2.75, 3.05) is 0 Å². The van der Waals surface area contributed by atoms with E-state index in [1.807, 2.05) is 0 Å². The number of aliphatic carboxylic acids is 1. The molecule has 17 heavy (non-hydrogen) atoms. The molecule has 1 aromatic rings.